The molecule has 22 heavy (non-hydrogen) atoms. The van der Waals surface area contributed by atoms with E-state index in [1.807, 2.05) is 24.3 Å². The average molecular weight is 341 g/mol. The first-order valence-electron chi connectivity index (χ1n) is 7.22. The predicted octanol–water partition coefficient (Wildman–Crippen LogP) is 2.08. The van der Waals surface area contributed by atoms with E-state index >= 15 is 0 Å². The van der Waals surface area contributed by atoms with E-state index in [4.69, 9.17) is 29.2 Å². The van der Waals surface area contributed by atoms with Gasteiger partial charge in [-0.05, 0) is 54.5 Å². The minimum absolute atomic E-state index is 0.490. The summed E-state index contributed by atoms with van der Waals surface area (Å²) < 4.78 is 5.12. The predicted molar refractivity (Wildman–Crippen MR) is 98.8 cm³/mol. The smallest absolute Gasteiger partial charge is 0.185 e. The maximum absolute atomic E-state index is 5.18. The number of nitrogens with one attached hydrogen (secondary N) is 4. The molecule has 0 aliphatic carbocycles. The van der Waals surface area contributed by atoms with Crippen molar-refractivity contribution in [2.24, 2.45) is 5.92 Å². The SMILES string of the molecule is COc1ccc(CNC(=S)NNC(=S)NCCC(C)C)cc1. The van der Waals surface area contributed by atoms with Crippen LogP contribution in [0.2, 0.25) is 0 Å². The van der Waals surface area contributed by atoms with Crippen LogP contribution in [-0.2, 0) is 6.54 Å². The molecule has 0 amide bonds. The Kier molecular flexibility index (Phi) is 8.54. The average Bonchev–Trinajstić information content (AvgIpc) is 2.51. The summed E-state index contributed by atoms with van der Waals surface area (Å²) >= 11 is 10.3. The van der Waals surface area contributed by atoms with Crippen molar-refractivity contribution in [3.05, 3.63) is 29.8 Å². The van der Waals surface area contributed by atoms with Crippen LogP contribution in [0.25, 0.3) is 0 Å². The van der Waals surface area contributed by atoms with Crippen LogP contribution in [0.15, 0.2) is 24.3 Å². The molecule has 0 aliphatic rings. The van der Waals surface area contributed by atoms with Crippen molar-refractivity contribution in [2.45, 2.75) is 26.8 Å². The highest BCUT2D eigenvalue weighted by atomic mass is 32.1. The maximum atomic E-state index is 5.18. The van der Waals surface area contributed by atoms with Crippen LogP contribution >= 0.6 is 24.4 Å². The number of methoxy groups -OCH3 is 1. The molecule has 0 heterocycles. The molecule has 0 radical (unpaired) electrons. The topological polar surface area (TPSA) is 57.4 Å². The van der Waals surface area contributed by atoms with Gasteiger partial charge in [0.05, 0.1) is 7.11 Å². The highest BCUT2D eigenvalue weighted by Crippen LogP contribution is 2.10. The number of hydrogen-bond acceptors (Lipinski definition) is 3. The van der Waals surface area contributed by atoms with Gasteiger partial charge in [0.1, 0.15) is 5.75 Å². The Labute approximate surface area is 143 Å². The number of hydrazine groups is 1. The Morgan fingerprint density at radius 1 is 1.05 bits per heavy atom. The van der Waals surface area contributed by atoms with Crippen LogP contribution in [0.3, 0.4) is 0 Å². The fourth-order valence-corrected chi connectivity index (χ4v) is 1.88. The normalized spacial score (nSPS) is 10.0. The number of rotatable bonds is 6. The minimum Gasteiger partial charge on any atom is -0.497 e. The molecule has 0 unspecified atom stereocenters. The summed E-state index contributed by atoms with van der Waals surface area (Å²) in [5, 5.41) is 7.23. The molecular formula is C15H24N4OS2. The summed E-state index contributed by atoms with van der Waals surface area (Å²) in [6.45, 7) is 5.82. The molecule has 0 fully saturated rings. The Balaban J connectivity index is 2.18. The van der Waals surface area contributed by atoms with E-state index in [2.05, 4.69) is 35.3 Å². The molecule has 0 saturated carbocycles. The number of benzene rings is 1. The van der Waals surface area contributed by atoms with E-state index in [9.17, 15) is 0 Å². The van der Waals surface area contributed by atoms with Crippen LogP contribution in [0.4, 0.5) is 0 Å². The molecule has 4 N–H and O–H groups in total. The van der Waals surface area contributed by atoms with Gasteiger partial charge in [0.25, 0.3) is 0 Å². The lowest BCUT2D eigenvalue weighted by Gasteiger charge is -2.15. The second kappa shape index (κ2) is 10.2. The second-order valence-corrected chi connectivity index (χ2v) is 6.04. The summed E-state index contributed by atoms with van der Waals surface area (Å²) in [6, 6.07) is 7.80. The molecule has 0 saturated heterocycles. The van der Waals surface area contributed by atoms with Gasteiger partial charge >= 0.3 is 0 Å². The standard InChI is InChI=1S/C15H24N4OS2/c1-11(2)8-9-16-14(21)18-19-15(22)17-10-12-4-6-13(20-3)7-5-12/h4-7,11H,8-10H2,1-3H3,(H2,16,18,21)(H2,17,19,22). The molecule has 1 rings (SSSR count). The van der Waals surface area contributed by atoms with Crippen molar-refractivity contribution in [1.82, 2.24) is 21.5 Å². The lowest BCUT2D eigenvalue weighted by Crippen LogP contribution is -2.50. The maximum Gasteiger partial charge on any atom is 0.185 e. The Morgan fingerprint density at radius 2 is 1.64 bits per heavy atom. The van der Waals surface area contributed by atoms with Crippen molar-refractivity contribution in [3.63, 3.8) is 0 Å². The molecule has 7 heteroatoms. The van der Waals surface area contributed by atoms with E-state index in [0.717, 1.165) is 24.3 Å². The van der Waals surface area contributed by atoms with Crippen molar-refractivity contribution < 1.29 is 4.74 Å². The summed E-state index contributed by atoms with van der Waals surface area (Å²) in [4.78, 5) is 0. The molecule has 0 aromatic heterocycles. The molecule has 0 spiro atoms. The summed E-state index contributed by atoms with van der Waals surface area (Å²) in [5.41, 5.74) is 6.83. The summed E-state index contributed by atoms with van der Waals surface area (Å²) in [7, 11) is 1.65. The first kappa shape index (κ1) is 18.4. The molecule has 0 aliphatic heterocycles. The van der Waals surface area contributed by atoms with E-state index in [1.165, 1.54) is 0 Å². The quantitative estimate of drug-likeness (QED) is 0.467. The van der Waals surface area contributed by atoms with Gasteiger partial charge in [-0.1, -0.05) is 26.0 Å². The largest absolute Gasteiger partial charge is 0.497 e. The Morgan fingerprint density at radius 3 is 2.18 bits per heavy atom. The van der Waals surface area contributed by atoms with E-state index in [1.54, 1.807) is 7.11 Å². The number of hydrogen-bond donors (Lipinski definition) is 4. The fraction of sp³-hybridized carbons (Fsp3) is 0.467. The third-order valence-electron chi connectivity index (χ3n) is 2.91. The zero-order chi connectivity index (χ0) is 16.4. The van der Waals surface area contributed by atoms with Gasteiger partial charge < -0.3 is 15.4 Å². The van der Waals surface area contributed by atoms with Crippen molar-refractivity contribution in [1.29, 1.82) is 0 Å². The van der Waals surface area contributed by atoms with E-state index < -0.39 is 0 Å². The van der Waals surface area contributed by atoms with Crippen LogP contribution < -0.4 is 26.2 Å². The molecule has 122 valence electrons. The molecule has 5 nitrogen and oxygen atoms in total. The first-order chi connectivity index (χ1) is 10.5. The van der Waals surface area contributed by atoms with Crippen LogP contribution in [-0.4, -0.2) is 23.9 Å². The van der Waals surface area contributed by atoms with Gasteiger partial charge in [0, 0.05) is 13.1 Å². The Bertz CT molecular complexity index is 477. The Hall–Kier alpha value is -1.60. The monoisotopic (exact) mass is 340 g/mol. The minimum atomic E-state index is 0.490. The number of thiocarbonyl (C=S) groups is 2. The van der Waals surface area contributed by atoms with Crippen LogP contribution in [0, 0.1) is 5.92 Å². The zero-order valence-corrected chi connectivity index (χ0v) is 14.9. The lowest BCUT2D eigenvalue weighted by molar-refractivity contribution is 0.414. The van der Waals surface area contributed by atoms with Gasteiger partial charge in [0.15, 0.2) is 10.2 Å². The molecule has 0 atom stereocenters. The second-order valence-electron chi connectivity index (χ2n) is 5.22. The summed E-state index contributed by atoms with van der Waals surface area (Å²) in [5.74, 6) is 1.49. The van der Waals surface area contributed by atoms with Crippen molar-refractivity contribution in [3.8, 4) is 5.75 Å². The van der Waals surface area contributed by atoms with E-state index in [-0.39, 0.29) is 0 Å². The number of ether oxygens (including phenoxy) is 1. The van der Waals surface area contributed by atoms with Crippen LogP contribution in [0.5, 0.6) is 5.75 Å². The molecule has 1 aromatic rings. The molecule has 0 bridgehead atoms. The van der Waals surface area contributed by atoms with Gasteiger partial charge in [-0.3, -0.25) is 10.9 Å². The van der Waals surface area contributed by atoms with Crippen LogP contribution in [0.1, 0.15) is 25.8 Å². The highest BCUT2D eigenvalue weighted by molar-refractivity contribution is 7.80. The molecular weight excluding hydrogens is 316 g/mol. The lowest BCUT2D eigenvalue weighted by atomic mass is 10.1. The highest BCUT2D eigenvalue weighted by Gasteiger charge is 2.00. The van der Waals surface area contributed by atoms with Gasteiger partial charge in [-0.15, -0.1) is 0 Å². The van der Waals surface area contributed by atoms with Crippen molar-refractivity contribution in [2.75, 3.05) is 13.7 Å². The van der Waals surface area contributed by atoms with Gasteiger partial charge in [-0.2, -0.15) is 0 Å². The zero-order valence-electron chi connectivity index (χ0n) is 13.2. The molecule has 1 aromatic carbocycles. The third kappa shape index (κ3) is 7.99. The van der Waals surface area contributed by atoms with Gasteiger partial charge in [0.2, 0.25) is 0 Å². The summed E-state index contributed by atoms with van der Waals surface area (Å²) in [6.07, 6.45) is 1.07. The van der Waals surface area contributed by atoms with Gasteiger partial charge in [-0.25, -0.2) is 0 Å². The third-order valence-corrected chi connectivity index (χ3v) is 3.40. The van der Waals surface area contributed by atoms with E-state index in [0.29, 0.717) is 22.7 Å². The first-order valence-corrected chi connectivity index (χ1v) is 8.03. The fourth-order valence-electron chi connectivity index (χ4n) is 1.60. The van der Waals surface area contributed by atoms with Crippen molar-refractivity contribution >= 4 is 34.7 Å².